The summed E-state index contributed by atoms with van der Waals surface area (Å²) < 4.78 is 28.4. The Kier molecular flexibility index (Phi) is 3.86. The molecule has 0 aromatic heterocycles. The smallest absolute Gasteiger partial charge is 0.338 e. The molecule has 0 radical (unpaired) electrons. The molecule has 14 heavy (non-hydrogen) atoms. The summed E-state index contributed by atoms with van der Waals surface area (Å²) in [5.74, 6) is -2.78. The molecule has 7 heteroatoms. The number of hydrogen-bond acceptors (Lipinski definition) is 1. The molecule has 0 aliphatic heterocycles. The zero-order chi connectivity index (χ0) is 10.9. The minimum absolute atomic E-state index is 0.0355. The summed E-state index contributed by atoms with van der Waals surface area (Å²) in [6.07, 6.45) is 0. The van der Waals surface area contributed by atoms with E-state index in [4.69, 9.17) is 34.8 Å². The number of hydrogen-bond donors (Lipinski definition) is 0. The van der Waals surface area contributed by atoms with Crippen LogP contribution in [0.15, 0.2) is 16.6 Å². The van der Waals surface area contributed by atoms with Crippen LogP contribution in [0.5, 0.6) is 5.75 Å². The molecule has 1 aromatic rings. The summed E-state index contributed by atoms with van der Waals surface area (Å²) in [6, 6.07) is 2.38. The average Bonchev–Trinajstić information content (AvgIpc) is 2.04. The van der Waals surface area contributed by atoms with E-state index >= 15 is 0 Å². The van der Waals surface area contributed by atoms with E-state index < -0.39 is 21.4 Å². The SMILES string of the molecule is Fc1c(Br)ccc(OC(Cl)(Cl)Cl)c1F. The second-order valence-corrected chi connectivity index (χ2v) is 5.25. The van der Waals surface area contributed by atoms with E-state index in [1.807, 2.05) is 0 Å². The molecule has 1 nitrogen and oxygen atoms in total. The Morgan fingerprint density at radius 1 is 1.14 bits per heavy atom. The second-order valence-electron chi connectivity index (χ2n) is 2.22. The lowest BCUT2D eigenvalue weighted by Crippen LogP contribution is -2.14. The highest BCUT2D eigenvalue weighted by Gasteiger charge is 2.25. The van der Waals surface area contributed by atoms with E-state index in [9.17, 15) is 8.78 Å². The third-order valence-electron chi connectivity index (χ3n) is 1.23. The van der Waals surface area contributed by atoms with Crippen LogP contribution in [0.1, 0.15) is 0 Å². The molecule has 1 rings (SSSR count). The summed E-state index contributed by atoms with van der Waals surface area (Å²) in [4.78, 5) is 0. The van der Waals surface area contributed by atoms with Gasteiger partial charge in [0.1, 0.15) is 0 Å². The van der Waals surface area contributed by atoms with Crippen molar-refractivity contribution in [3.63, 3.8) is 0 Å². The van der Waals surface area contributed by atoms with Gasteiger partial charge < -0.3 is 4.74 Å². The first kappa shape index (κ1) is 12.3. The van der Waals surface area contributed by atoms with Gasteiger partial charge in [0.25, 0.3) is 0 Å². The van der Waals surface area contributed by atoms with Gasteiger partial charge in [-0.3, -0.25) is 0 Å². The van der Waals surface area contributed by atoms with Gasteiger partial charge in [-0.15, -0.1) is 0 Å². The monoisotopic (exact) mass is 324 g/mol. The molecule has 0 fully saturated rings. The maximum absolute atomic E-state index is 13.1. The van der Waals surface area contributed by atoms with Gasteiger partial charge in [-0.05, 0) is 62.9 Å². The summed E-state index contributed by atoms with van der Waals surface area (Å²) in [5.41, 5.74) is 0. The van der Waals surface area contributed by atoms with Gasteiger partial charge in [-0.25, -0.2) is 4.39 Å². The van der Waals surface area contributed by atoms with Crippen LogP contribution >= 0.6 is 50.7 Å². The standard InChI is InChI=1S/C7H2BrCl3F2O/c8-3-1-2-4(6(13)5(3)12)14-7(9,10)11/h1-2H. The Morgan fingerprint density at radius 2 is 1.71 bits per heavy atom. The zero-order valence-electron chi connectivity index (χ0n) is 6.33. The molecule has 0 spiro atoms. The summed E-state index contributed by atoms with van der Waals surface area (Å²) >= 11 is 18.5. The largest absolute Gasteiger partial charge is 0.442 e. The molecule has 0 bridgehead atoms. The van der Waals surface area contributed by atoms with Crippen LogP contribution in [-0.2, 0) is 0 Å². The lowest BCUT2D eigenvalue weighted by Gasteiger charge is -2.14. The third-order valence-corrected chi connectivity index (χ3v) is 2.07. The predicted octanol–water partition coefficient (Wildman–Crippen LogP) is 4.43. The van der Waals surface area contributed by atoms with Crippen molar-refractivity contribution in [2.24, 2.45) is 0 Å². The Hall–Kier alpha value is 0.230. The highest BCUT2D eigenvalue weighted by atomic mass is 79.9. The molecule has 0 amide bonds. The highest BCUT2D eigenvalue weighted by Crippen LogP contribution is 2.33. The van der Waals surface area contributed by atoms with Gasteiger partial charge in [0, 0.05) is 0 Å². The van der Waals surface area contributed by atoms with Gasteiger partial charge in [-0.1, -0.05) is 0 Å². The first-order valence-electron chi connectivity index (χ1n) is 3.20. The van der Waals surface area contributed by atoms with Gasteiger partial charge in [0.2, 0.25) is 5.82 Å². The lowest BCUT2D eigenvalue weighted by molar-refractivity contribution is 0.296. The zero-order valence-corrected chi connectivity index (χ0v) is 10.2. The van der Waals surface area contributed by atoms with Gasteiger partial charge >= 0.3 is 3.98 Å². The van der Waals surface area contributed by atoms with Gasteiger partial charge in [0.15, 0.2) is 11.6 Å². The Balaban J connectivity index is 3.06. The molecule has 0 aliphatic rings. The van der Waals surface area contributed by atoms with Crippen molar-refractivity contribution in [1.29, 1.82) is 0 Å². The molecule has 0 N–H and O–H groups in total. The molecule has 78 valence electrons. The quantitative estimate of drug-likeness (QED) is 0.548. The van der Waals surface area contributed by atoms with E-state index in [0.29, 0.717) is 0 Å². The fourth-order valence-corrected chi connectivity index (χ4v) is 1.27. The van der Waals surface area contributed by atoms with Gasteiger partial charge in [0.05, 0.1) is 4.47 Å². The van der Waals surface area contributed by atoms with Crippen LogP contribution in [0, 0.1) is 11.6 Å². The predicted molar refractivity (Wildman–Crippen MR) is 55.0 cm³/mol. The van der Waals surface area contributed by atoms with Crippen molar-refractivity contribution in [1.82, 2.24) is 0 Å². The fourth-order valence-electron chi connectivity index (χ4n) is 0.712. The van der Waals surface area contributed by atoms with E-state index in [1.54, 1.807) is 0 Å². The van der Waals surface area contributed by atoms with E-state index in [2.05, 4.69) is 20.7 Å². The number of benzene rings is 1. The first-order chi connectivity index (χ1) is 6.31. The van der Waals surface area contributed by atoms with Crippen LogP contribution in [-0.4, -0.2) is 3.98 Å². The maximum atomic E-state index is 13.1. The minimum Gasteiger partial charge on any atom is -0.442 e. The molecule has 0 heterocycles. The average molecular weight is 326 g/mol. The normalized spacial score (nSPS) is 11.6. The minimum atomic E-state index is -2.12. The van der Waals surface area contributed by atoms with Crippen molar-refractivity contribution in [3.05, 3.63) is 28.2 Å². The fraction of sp³-hybridized carbons (Fsp3) is 0.143. The third kappa shape index (κ3) is 3.12. The topological polar surface area (TPSA) is 9.23 Å². The Bertz CT molecular complexity index is 354. The van der Waals surface area contributed by atoms with Crippen LogP contribution in [0.4, 0.5) is 8.78 Å². The molecule has 0 aliphatic carbocycles. The second kappa shape index (κ2) is 4.39. The Morgan fingerprint density at radius 3 is 2.21 bits per heavy atom. The molecule has 0 saturated carbocycles. The van der Waals surface area contributed by atoms with Crippen LogP contribution in [0.25, 0.3) is 0 Å². The molecule has 1 aromatic carbocycles. The van der Waals surface area contributed by atoms with Crippen molar-refractivity contribution < 1.29 is 13.5 Å². The van der Waals surface area contributed by atoms with Gasteiger partial charge in [-0.2, -0.15) is 4.39 Å². The number of ether oxygens (including phenoxy) is 1. The lowest BCUT2D eigenvalue weighted by atomic mass is 10.3. The molecular formula is C7H2BrCl3F2O. The molecule has 0 unspecified atom stereocenters. The van der Waals surface area contributed by atoms with E-state index in [-0.39, 0.29) is 4.47 Å². The molecular weight excluding hydrogens is 324 g/mol. The highest BCUT2D eigenvalue weighted by molar-refractivity contribution is 9.10. The summed E-state index contributed by atoms with van der Waals surface area (Å²) in [6.45, 7) is 0. The molecule has 0 atom stereocenters. The molecule has 0 saturated heterocycles. The van der Waals surface area contributed by atoms with Crippen LogP contribution in [0.3, 0.4) is 0 Å². The van der Waals surface area contributed by atoms with Crippen LogP contribution in [0.2, 0.25) is 0 Å². The first-order valence-corrected chi connectivity index (χ1v) is 5.13. The number of rotatable bonds is 1. The van der Waals surface area contributed by atoms with E-state index in [0.717, 1.165) is 6.07 Å². The number of halogens is 6. The van der Waals surface area contributed by atoms with Crippen molar-refractivity contribution in [2.45, 2.75) is 3.98 Å². The summed E-state index contributed by atoms with van der Waals surface area (Å²) in [7, 11) is 0. The van der Waals surface area contributed by atoms with Crippen molar-refractivity contribution >= 4 is 50.7 Å². The van der Waals surface area contributed by atoms with Crippen molar-refractivity contribution in [3.8, 4) is 5.75 Å². The van der Waals surface area contributed by atoms with Crippen molar-refractivity contribution in [2.75, 3.05) is 0 Å². The maximum Gasteiger partial charge on any atom is 0.338 e. The van der Waals surface area contributed by atoms with E-state index in [1.165, 1.54) is 6.07 Å². The Labute approximate surface area is 102 Å². The number of alkyl halides is 3. The summed E-state index contributed by atoms with van der Waals surface area (Å²) in [5, 5.41) is 0. The van der Waals surface area contributed by atoms with Crippen LogP contribution < -0.4 is 4.74 Å².